The molecule has 0 aliphatic carbocycles. The third-order valence-electron chi connectivity index (χ3n) is 9.15. The number of para-hydroxylation sites is 1. The van der Waals surface area contributed by atoms with Crippen LogP contribution in [0.4, 0.5) is 0 Å². The largest absolute Gasteiger partial charge is 0.500 e. The molecule has 0 bridgehead atoms. The number of furan rings is 1. The van der Waals surface area contributed by atoms with Crippen LogP contribution in [0.5, 0.6) is 0 Å². The number of benzene rings is 4. The summed E-state index contributed by atoms with van der Waals surface area (Å²) in [4.78, 5) is 9.44. The van der Waals surface area contributed by atoms with E-state index in [-0.39, 0.29) is 25.5 Å². The quantitative estimate of drug-likeness (QED) is 0.118. The third kappa shape index (κ3) is 9.07. The molecule has 5 heteroatoms. The Balaban J connectivity index is 0.000000217. The Bertz CT molecular complexity index is 2260. The first-order chi connectivity index (χ1) is 24.3. The fraction of sp³-hybridized carbons (Fsp3) is 0.277. The van der Waals surface area contributed by atoms with E-state index >= 15 is 0 Å². The van der Waals surface area contributed by atoms with Gasteiger partial charge in [-0.05, 0) is 58.8 Å². The van der Waals surface area contributed by atoms with Gasteiger partial charge < -0.3 is 14.4 Å². The van der Waals surface area contributed by atoms with Crippen LogP contribution in [0.1, 0.15) is 51.3 Å². The van der Waals surface area contributed by atoms with Gasteiger partial charge in [-0.1, -0.05) is 137 Å². The number of aryl methyl sites for hydroxylation is 1. The number of pyridine rings is 2. The number of aromatic nitrogens is 2. The van der Waals surface area contributed by atoms with Crippen molar-refractivity contribution < 1.29 is 24.5 Å². The van der Waals surface area contributed by atoms with Gasteiger partial charge in [-0.25, -0.2) is 0 Å². The summed E-state index contributed by atoms with van der Waals surface area (Å²) in [6.45, 7) is 20.7. The van der Waals surface area contributed by atoms with Gasteiger partial charge in [0.2, 0.25) is 0 Å². The van der Waals surface area contributed by atoms with Crippen molar-refractivity contribution in [3.63, 3.8) is 0 Å². The first kappa shape index (κ1) is 39.1. The molecule has 0 unspecified atom stereocenters. The van der Waals surface area contributed by atoms with Crippen molar-refractivity contribution in [3.05, 3.63) is 138 Å². The van der Waals surface area contributed by atoms with Crippen molar-refractivity contribution in [2.75, 3.05) is 0 Å². The first-order valence-electron chi connectivity index (χ1n) is 18.1. The standard InChI is InChI=1S/C29H26NO.C18H24NSi.Ir/c1-19-18-30-26(16-21(19)17-29(2,3)4)25-15-9-14-24-23-13-8-12-22(27(23)31-28(24)25)20-10-6-5-7-11-20;1-14(2)11-16-12-17(15-9-7-6-8-10-15)19-13-18(16)20(3,4)5;/h5-14,16,18H,17H2,1-4H3;6-9,12-14H,11H2,1-5H3;/q2*-1;. The van der Waals surface area contributed by atoms with Gasteiger partial charge in [0.15, 0.2) is 0 Å². The molecule has 4 aromatic carbocycles. The summed E-state index contributed by atoms with van der Waals surface area (Å²) in [5, 5.41) is 3.71. The molecule has 0 saturated heterocycles. The minimum Gasteiger partial charge on any atom is -0.500 e. The van der Waals surface area contributed by atoms with Gasteiger partial charge >= 0.3 is 0 Å². The number of nitrogens with zero attached hydrogens (tertiary/aromatic N) is 2. The normalized spacial score (nSPS) is 11.7. The minimum absolute atomic E-state index is 0. The maximum absolute atomic E-state index is 6.52. The van der Waals surface area contributed by atoms with Gasteiger partial charge in [0.25, 0.3) is 0 Å². The second kappa shape index (κ2) is 16.2. The minimum atomic E-state index is -1.34. The average molecular weight is 879 g/mol. The number of rotatable bonds is 7. The van der Waals surface area contributed by atoms with E-state index in [1.54, 1.807) is 0 Å². The maximum Gasteiger partial charge on any atom is 0.128 e. The Morgan fingerprint density at radius 2 is 1.42 bits per heavy atom. The fourth-order valence-corrected chi connectivity index (χ4v) is 8.33. The zero-order valence-electron chi connectivity index (χ0n) is 32.0. The molecule has 0 spiro atoms. The van der Waals surface area contributed by atoms with Crippen molar-refractivity contribution in [2.45, 2.75) is 74.0 Å². The molecule has 7 rings (SSSR count). The molecule has 1 radical (unpaired) electrons. The Labute approximate surface area is 325 Å². The van der Waals surface area contributed by atoms with Crippen LogP contribution in [0.2, 0.25) is 19.6 Å². The molecule has 3 aromatic heterocycles. The summed E-state index contributed by atoms with van der Waals surface area (Å²) in [5.74, 6) is 0.667. The van der Waals surface area contributed by atoms with Crippen LogP contribution in [0.3, 0.4) is 0 Å². The molecule has 0 saturated carbocycles. The summed E-state index contributed by atoms with van der Waals surface area (Å²) < 4.78 is 6.52. The number of hydrogen-bond donors (Lipinski definition) is 0. The number of hydrogen-bond acceptors (Lipinski definition) is 3. The van der Waals surface area contributed by atoms with Crippen molar-refractivity contribution in [2.24, 2.45) is 11.3 Å². The first-order valence-corrected chi connectivity index (χ1v) is 21.6. The fourth-order valence-electron chi connectivity index (χ4n) is 6.74. The summed E-state index contributed by atoms with van der Waals surface area (Å²) in [7, 11) is -1.34. The van der Waals surface area contributed by atoms with Gasteiger partial charge in [0.1, 0.15) is 5.58 Å². The maximum atomic E-state index is 6.52. The molecule has 0 amide bonds. The van der Waals surface area contributed by atoms with E-state index in [9.17, 15) is 0 Å². The second-order valence-corrected chi connectivity index (χ2v) is 21.4. The second-order valence-electron chi connectivity index (χ2n) is 16.3. The molecule has 0 aliphatic rings. The van der Waals surface area contributed by atoms with Crippen LogP contribution in [-0.4, -0.2) is 18.0 Å². The van der Waals surface area contributed by atoms with E-state index in [1.165, 1.54) is 21.9 Å². The predicted octanol–water partition coefficient (Wildman–Crippen LogP) is 12.3. The summed E-state index contributed by atoms with van der Waals surface area (Å²) in [5.41, 5.74) is 12.2. The molecule has 0 N–H and O–H groups in total. The molecule has 269 valence electrons. The average Bonchev–Trinajstić information content (AvgIpc) is 3.48. The molecule has 3 heterocycles. The van der Waals surface area contributed by atoms with E-state index < -0.39 is 8.07 Å². The Morgan fingerprint density at radius 1 is 0.731 bits per heavy atom. The van der Waals surface area contributed by atoms with Gasteiger partial charge in [0, 0.05) is 43.4 Å². The smallest absolute Gasteiger partial charge is 0.128 e. The van der Waals surface area contributed by atoms with Crippen LogP contribution >= 0.6 is 0 Å². The van der Waals surface area contributed by atoms with Gasteiger partial charge in [-0.15, -0.1) is 54.1 Å². The Kier molecular flexibility index (Phi) is 12.2. The van der Waals surface area contributed by atoms with Crippen molar-refractivity contribution in [1.29, 1.82) is 0 Å². The van der Waals surface area contributed by atoms with E-state index in [1.807, 2.05) is 36.5 Å². The van der Waals surface area contributed by atoms with E-state index in [2.05, 4.69) is 151 Å². The Morgan fingerprint density at radius 3 is 2.10 bits per heavy atom. The SMILES string of the molecule is CC(C)Cc1cc(-c2[c-]cccc2)ncc1[Si](C)(C)C.Cc1cnc(-c2[c-]ccc3c2oc2c(-c4ccccc4)cccc23)cc1CC(C)(C)C.[Ir]. The van der Waals surface area contributed by atoms with Gasteiger partial charge in [-0.2, -0.15) is 0 Å². The molecule has 3 nitrogen and oxygen atoms in total. The molecule has 0 fully saturated rings. The molecule has 0 aliphatic heterocycles. The van der Waals surface area contributed by atoms with Crippen LogP contribution < -0.4 is 5.19 Å². The van der Waals surface area contributed by atoms with Crippen LogP contribution in [0, 0.1) is 30.4 Å². The zero-order valence-corrected chi connectivity index (χ0v) is 35.4. The summed E-state index contributed by atoms with van der Waals surface area (Å²) in [6.07, 6.45) is 6.21. The van der Waals surface area contributed by atoms with Crippen LogP contribution in [-0.2, 0) is 32.9 Å². The molecule has 52 heavy (non-hydrogen) atoms. The molecular formula is C47H50IrN2OSi-2. The number of fused-ring (bicyclic) bond motifs is 3. The molecule has 0 atom stereocenters. The van der Waals surface area contributed by atoms with E-state index in [0.717, 1.165) is 68.4 Å². The summed E-state index contributed by atoms with van der Waals surface area (Å²) in [6, 6.07) is 40.0. The predicted molar refractivity (Wildman–Crippen MR) is 219 cm³/mol. The Hall–Kier alpha value is -4.15. The summed E-state index contributed by atoms with van der Waals surface area (Å²) >= 11 is 0. The third-order valence-corrected chi connectivity index (χ3v) is 11.2. The zero-order chi connectivity index (χ0) is 36.3. The van der Waals surface area contributed by atoms with Crippen molar-refractivity contribution in [3.8, 4) is 33.6 Å². The molecular weight excluding hydrogens is 829 g/mol. The van der Waals surface area contributed by atoms with Gasteiger partial charge in [0.05, 0.1) is 13.7 Å². The van der Waals surface area contributed by atoms with E-state index in [4.69, 9.17) is 9.40 Å². The molecule has 7 aromatic rings. The van der Waals surface area contributed by atoms with Crippen LogP contribution in [0.15, 0.2) is 114 Å². The van der Waals surface area contributed by atoms with Crippen molar-refractivity contribution >= 4 is 35.2 Å². The van der Waals surface area contributed by atoms with E-state index in [0.29, 0.717) is 5.92 Å². The monoisotopic (exact) mass is 879 g/mol. The topological polar surface area (TPSA) is 38.9 Å². The van der Waals surface area contributed by atoms with Gasteiger partial charge in [-0.3, -0.25) is 0 Å². The van der Waals surface area contributed by atoms with Crippen molar-refractivity contribution in [1.82, 2.24) is 9.97 Å². The van der Waals surface area contributed by atoms with Crippen LogP contribution in [0.25, 0.3) is 55.6 Å².